The predicted octanol–water partition coefficient (Wildman–Crippen LogP) is 2.03. The molecule has 1 fully saturated rings. The van der Waals surface area contributed by atoms with Gasteiger partial charge in [0.1, 0.15) is 12.6 Å². The van der Waals surface area contributed by atoms with Crippen LogP contribution in [0.15, 0.2) is 10.7 Å². The van der Waals surface area contributed by atoms with E-state index < -0.39 is 6.09 Å². The van der Waals surface area contributed by atoms with Gasteiger partial charge in [-0.25, -0.2) is 9.78 Å². The molecule has 2 heterocycles. The number of hydrogen-bond acceptors (Lipinski definition) is 5. The first-order chi connectivity index (χ1) is 10.5. The molecule has 0 saturated carbocycles. The molecule has 0 atom stereocenters. The lowest BCUT2D eigenvalue weighted by Gasteiger charge is -2.15. The average Bonchev–Trinajstić information content (AvgIpc) is 3.03. The molecule has 1 aliphatic rings. The normalized spacial score (nSPS) is 13.6. The number of rotatable bonds is 3. The topological polar surface area (TPSA) is 95.3 Å². The Labute approximate surface area is 149 Å². The number of halogens is 2. The van der Waals surface area contributed by atoms with Crippen LogP contribution in [-0.2, 0) is 4.79 Å². The van der Waals surface area contributed by atoms with Crippen LogP contribution in [-0.4, -0.2) is 41.5 Å². The van der Waals surface area contributed by atoms with Gasteiger partial charge in [0.25, 0.3) is 0 Å². The van der Waals surface area contributed by atoms with Crippen molar-refractivity contribution in [3.8, 4) is 11.9 Å². The zero-order valence-corrected chi connectivity index (χ0v) is 15.2. The smallest absolute Gasteiger partial charge is 0.390 e. The fourth-order valence-electron chi connectivity index (χ4n) is 1.97. The van der Waals surface area contributed by atoms with Gasteiger partial charge in [0.2, 0.25) is 11.8 Å². The minimum Gasteiger partial charge on any atom is -0.390 e. The van der Waals surface area contributed by atoms with Crippen LogP contribution in [0, 0.1) is 14.9 Å². The van der Waals surface area contributed by atoms with Gasteiger partial charge in [-0.3, -0.25) is 4.79 Å². The Balaban J connectivity index is 1.92. The van der Waals surface area contributed by atoms with E-state index in [1.54, 1.807) is 4.90 Å². The Hall–Kier alpha value is -1.41. The summed E-state index contributed by atoms with van der Waals surface area (Å²) in [5.74, 6) is -0.0999. The molecule has 0 unspecified atom stereocenters. The number of hydrogen-bond donors (Lipinski definition) is 1. The van der Waals surface area contributed by atoms with E-state index >= 15 is 0 Å². The van der Waals surface area contributed by atoms with E-state index in [4.69, 9.17) is 10.00 Å². The van der Waals surface area contributed by atoms with Crippen molar-refractivity contribution >= 4 is 50.5 Å². The maximum Gasteiger partial charge on any atom is 0.414 e. The summed E-state index contributed by atoms with van der Waals surface area (Å²) in [5, 5.41) is 11.4. The molecular formula is C13H12BrIN4O3. The molecule has 1 aromatic heterocycles. The Morgan fingerprint density at radius 1 is 1.50 bits per heavy atom. The van der Waals surface area contributed by atoms with Crippen molar-refractivity contribution in [2.75, 3.05) is 19.6 Å². The third-order valence-corrected chi connectivity index (χ3v) is 4.69. The van der Waals surface area contributed by atoms with Crippen molar-refractivity contribution < 1.29 is 14.3 Å². The highest BCUT2D eigenvalue weighted by Crippen LogP contribution is 2.27. The Morgan fingerprint density at radius 2 is 2.18 bits per heavy atom. The maximum absolute atomic E-state index is 11.8. The van der Waals surface area contributed by atoms with E-state index in [0.717, 1.165) is 25.9 Å². The number of carbonyl (C=O) groups excluding carboxylic acids is 2. The van der Waals surface area contributed by atoms with Crippen LogP contribution in [0.3, 0.4) is 0 Å². The summed E-state index contributed by atoms with van der Waals surface area (Å²) in [6, 6.07) is 2.00. The molecule has 0 bridgehead atoms. The monoisotopic (exact) mass is 478 g/mol. The van der Waals surface area contributed by atoms with Gasteiger partial charge >= 0.3 is 6.09 Å². The summed E-state index contributed by atoms with van der Waals surface area (Å²) in [6.45, 7) is 1.34. The zero-order valence-electron chi connectivity index (χ0n) is 11.4. The van der Waals surface area contributed by atoms with Crippen molar-refractivity contribution in [3.05, 3.63) is 19.8 Å². The van der Waals surface area contributed by atoms with Crippen molar-refractivity contribution in [2.45, 2.75) is 12.8 Å². The number of nitrogens with zero attached hydrogens (tertiary/aromatic N) is 3. The molecule has 1 saturated heterocycles. The van der Waals surface area contributed by atoms with Crippen LogP contribution in [0.5, 0.6) is 5.88 Å². The number of ether oxygens (including phenoxy) is 1. The molecule has 116 valence electrons. The summed E-state index contributed by atoms with van der Waals surface area (Å²) in [7, 11) is 0. The van der Waals surface area contributed by atoms with Crippen LogP contribution in [0.2, 0.25) is 0 Å². The Bertz CT molecular complexity index is 641. The number of pyridine rings is 1. The summed E-state index contributed by atoms with van der Waals surface area (Å²) in [6.07, 6.45) is 2.60. The Kier molecular flexibility index (Phi) is 5.96. The molecule has 2 rings (SSSR count). The number of carbonyl (C=O) groups is 2. The highest BCUT2D eigenvalue weighted by molar-refractivity contribution is 14.1. The molecule has 0 spiro atoms. The lowest BCUT2D eigenvalue weighted by molar-refractivity contribution is -0.129. The fraction of sp³-hybridized carbons (Fsp3) is 0.385. The lowest BCUT2D eigenvalue weighted by Crippen LogP contribution is -2.39. The lowest BCUT2D eigenvalue weighted by atomic mass is 10.3. The van der Waals surface area contributed by atoms with Crippen molar-refractivity contribution in [1.29, 1.82) is 5.26 Å². The molecular weight excluding hydrogens is 467 g/mol. The minimum absolute atomic E-state index is 0.0338. The summed E-state index contributed by atoms with van der Waals surface area (Å²) >= 11 is 5.08. The standard InChI is InChI=1S/C13H12BrIN4O3/c14-9-6-17-12(11(15)8(9)5-16)22-13(21)18-7-10(20)19-3-1-2-4-19/h6H,1-4,7H2,(H,18,21). The highest BCUT2D eigenvalue weighted by atomic mass is 127. The fourth-order valence-corrected chi connectivity index (χ4v) is 3.39. The second kappa shape index (κ2) is 7.73. The molecule has 1 aliphatic heterocycles. The SMILES string of the molecule is N#Cc1c(Br)cnc(OC(=O)NCC(=O)N2CCCC2)c1I. The third kappa shape index (κ3) is 4.07. The van der Waals surface area contributed by atoms with E-state index in [9.17, 15) is 9.59 Å². The van der Waals surface area contributed by atoms with Crippen LogP contribution < -0.4 is 10.1 Å². The largest absolute Gasteiger partial charge is 0.414 e. The summed E-state index contributed by atoms with van der Waals surface area (Å²) in [4.78, 5) is 29.2. The van der Waals surface area contributed by atoms with Gasteiger partial charge in [-0.1, -0.05) is 0 Å². The van der Waals surface area contributed by atoms with E-state index in [2.05, 4.69) is 26.2 Å². The van der Waals surface area contributed by atoms with Gasteiger partial charge in [-0.15, -0.1) is 0 Å². The second-order valence-corrected chi connectivity index (χ2v) is 6.48. The van der Waals surface area contributed by atoms with Gasteiger partial charge in [0.05, 0.1) is 13.6 Å². The predicted molar refractivity (Wildman–Crippen MR) is 89.2 cm³/mol. The quantitative estimate of drug-likeness (QED) is 0.670. The molecule has 2 amide bonds. The Morgan fingerprint density at radius 3 is 2.82 bits per heavy atom. The second-order valence-electron chi connectivity index (χ2n) is 4.54. The highest BCUT2D eigenvalue weighted by Gasteiger charge is 2.19. The number of amides is 2. The molecule has 22 heavy (non-hydrogen) atoms. The van der Waals surface area contributed by atoms with Crippen LogP contribution in [0.1, 0.15) is 18.4 Å². The molecule has 0 radical (unpaired) electrons. The van der Waals surface area contributed by atoms with Gasteiger partial charge in [0.15, 0.2) is 0 Å². The minimum atomic E-state index is -0.774. The number of nitrogens with one attached hydrogen (secondary N) is 1. The first-order valence-corrected chi connectivity index (χ1v) is 8.37. The first kappa shape index (κ1) is 17.0. The van der Waals surface area contributed by atoms with Crippen LogP contribution >= 0.6 is 38.5 Å². The van der Waals surface area contributed by atoms with E-state index in [0.29, 0.717) is 13.6 Å². The van der Waals surface area contributed by atoms with Crippen molar-refractivity contribution in [2.24, 2.45) is 0 Å². The number of likely N-dealkylation sites (tertiary alicyclic amines) is 1. The van der Waals surface area contributed by atoms with Crippen LogP contribution in [0.4, 0.5) is 4.79 Å². The van der Waals surface area contributed by atoms with Gasteiger partial charge in [0, 0.05) is 19.3 Å². The third-order valence-electron chi connectivity index (χ3n) is 3.09. The summed E-state index contributed by atoms with van der Waals surface area (Å²) < 4.78 is 6.00. The molecule has 1 aromatic rings. The molecule has 0 aromatic carbocycles. The van der Waals surface area contributed by atoms with E-state index in [1.807, 2.05) is 28.7 Å². The molecule has 9 heteroatoms. The van der Waals surface area contributed by atoms with Crippen molar-refractivity contribution in [1.82, 2.24) is 15.2 Å². The number of nitriles is 1. The number of aromatic nitrogens is 1. The maximum atomic E-state index is 11.8. The van der Waals surface area contributed by atoms with Gasteiger partial charge < -0.3 is 15.0 Å². The molecule has 0 aliphatic carbocycles. The van der Waals surface area contributed by atoms with Crippen molar-refractivity contribution in [3.63, 3.8) is 0 Å². The van der Waals surface area contributed by atoms with Crippen LogP contribution in [0.25, 0.3) is 0 Å². The summed E-state index contributed by atoms with van der Waals surface area (Å²) in [5.41, 5.74) is 0.339. The zero-order chi connectivity index (χ0) is 16.1. The average molecular weight is 479 g/mol. The molecule has 7 nitrogen and oxygen atoms in total. The van der Waals surface area contributed by atoms with E-state index in [1.165, 1.54) is 6.20 Å². The molecule has 1 N–H and O–H groups in total. The van der Waals surface area contributed by atoms with E-state index in [-0.39, 0.29) is 18.3 Å². The van der Waals surface area contributed by atoms with Gasteiger partial charge in [-0.05, 0) is 51.4 Å². The van der Waals surface area contributed by atoms with Gasteiger partial charge in [-0.2, -0.15) is 5.26 Å². The first-order valence-electron chi connectivity index (χ1n) is 6.50.